The molecule has 22 heavy (non-hydrogen) atoms. The maximum absolute atomic E-state index is 12.0. The highest BCUT2D eigenvalue weighted by molar-refractivity contribution is 5.89. The van der Waals surface area contributed by atoms with Crippen LogP contribution in [0.5, 0.6) is 0 Å². The third-order valence-corrected chi connectivity index (χ3v) is 3.51. The molecule has 1 atom stereocenters. The van der Waals surface area contributed by atoms with Gasteiger partial charge in [-0.1, -0.05) is 38.0 Å². The molecule has 0 saturated carbocycles. The molecule has 1 amide bonds. The molecule has 0 aromatic heterocycles. The van der Waals surface area contributed by atoms with Gasteiger partial charge in [-0.3, -0.25) is 4.79 Å². The monoisotopic (exact) mass is 307 g/mol. The molecule has 1 rings (SSSR count). The van der Waals surface area contributed by atoms with E-state index in [1.54, 1.807) is 31.4 Å². The minimum atomic E-state index is -0.962. The van der Waals surface area contributed by atoms with Gasteiger partial charge < -0.3 is 15.2 Å². The number of hydrogen-bond acceptors (Lipinski definition) is 3. The quantitative estimate of drug-likeness (QED) is 0.697. The number of hydrogen-bond donors (Lipinski definition) is 2. The summed E-state index contributed by atoms with van der Waals surface area (Å²) < 4.78 is 5.12. The fourth-order valence-electron chi connectivity index (χ4n) is 2.34. The number of unbranched alkanes of at least 4 members (excludes halogenated alkanes) is 1. The first kappa shape index (κ1) is 18.2. The third-order valence-electron chi connectivity index (χ3n) is 3.51. The van der Waals surface area contributed by atoms with Crippen LogP contribution in [0.25, 0.3) is 0 Å². The average Bonchev–Trinajstić information content (AvgIpc) is 2.51. The molecule has 1 aromatic rings. The summed E-state index contributed by atoms with van der Waals surface area (Å²) in [4.78, 5) is 23.2. The van der Waals surface area contributed by atoms with Crippen molar-refractivity contribution in [2.75, 3.05) is 13.7 Å². The summed E-state index contributed by atoms with van der Waals surface area (Å²) in [7, 11) is 1.62. The second kappa shape index (κ2) is 9.95. The molecule has 0 aliphatic rings. The van der Waals surface area contributed by atoms with E-state index in [4.69, 9.17) is 9.84 Å². The average molecular weight is 307 g/mol. The van der Waals surface area contributed by atoms with Crippen molar-refractivity contribution >= 4 is 11.9 Å². The summed E-state index contributed by atoms with van der Waals surface area (Å²) in [5.74, 6) is -1.03. The van der Waals surface area contributed by atoms with E-state index in [2.05, 4.69) is 12.2 Å². The van der Waals surface area contributed by atoms with Crippen molar-refractivity contribution in [1.29, 1.82) is 0 Å². The summed E-state index contributed by atoms with van der Waals surface area (Å²) >= 11 is 0. The lowest BCUT2D eigenvalue weighted by atomic mass is 10.0. The van der Waals surface area contributed by atoms with E-state index in [1.165, 1.54) is 0 Å². The highest BCUT2D eigenvalue weighted by atomic mass is 16.5. The van der Waals surface area contributed by atoms with Crippen LogP contribution in [-0.2, 0) is 16.0 Å². The van der Waals surface area contributed by atoms with Crippen LogP contribution < -0.4 is 5.32 Å². The highest BCUT2D eigenvalue weighted by Crippen LogP contribution is 2.11. The van der Waals surface area contributed by atoms with Crippen molar-refractivity contribution in [3.63, 3.8) is 0 Å². The third kappa shape index (κ3) is 6.26. The topological polar surface area (TPSA) is 75.6 Å². The molecular weight excluding hydrogens is 282 g/mol. The standard InChI is InChI=1S/C17H25NO4/c1-3-4-8-14(12-22-2)18-16(19)11-10-13-7-5-6-9-15(13)17(20)21/h5-7,9,14H,3-4,8,10-12H2,1-2H3,(H,18,19)(H,20,21). The van der Waals surface area contributed by atoms with Crippen LogP contribution >= 0.6 is 0 Å². The van der Waals surface area contributed by atoms with Crippen molar-refractivity contribution in [2.45, 2.75) is 45.1 Å². The van der Waals surface area contributed by atoms with E-state index >= 15 is 0 Å². The molecular formula is C17H25NO4. The van der Waals surface area contributed by atoms with Gasteiger partial charge in [0.15, 0.2) is 0 Å². The van der Waals surface area contributed by atoms with E-state index in [-0.39, 0.29) is 23.9 Å². The lowest BCUT2D eigenvalue weighted by Gasteiger charge is -2.17. The Morgan fingerprint density at radius 1 is 1.32 bits per heavy atom. The molecule has 2 N–H and O–H groups in total. The Labute approximate surface area is 131 Å². The predicted octanol–water partition coefficient (Wildman–Crippen LogP) is 2.64. The number of amides is 1. The molecule has 1 unspecified atom stereocenters. The lowest BCUT2D eigenvalue weighted by molar-refractivity contribution is -0.122. The van der Waals surface area contributed by atoms with Gasteiger partial charge >= 0.3 is 5.97 Å². The number of carbonyl (C=O) groups excluding carboxylic acids is 1. The van der Waals surface area contributed by atoms with E-state index in [9.17, 15) is 9.59 Å². The highest BCUT2D eigenvalue weighted by Gasteiger charge is 2.14. The zero-order valence-corrected chi connectivity index (χ0v) is 13.3. The zero-order chi connectivity index (χ0) is 16.4. The summed E-state index contributed by atoms with van der Waals surface area (Å²) in [6, 6.07) is 6.80. The summed E-state index contributed by atoms with van der Waals surface area (Å²) in [5, 5.41) is 12.1. The van der Waals surface area contributed by atoms with E-state index < -0.39 is 5.97 Å². The van der Waals surface area contributed by atoms with Gasteiger partial charge in [-0.2, -0.15) is 0 Å². The van der Waals surface area contributed by atoms with Crippen LogP contribution in [0.4, 0.5) is 0 Å². The second-order valence-corrected chi connectivity index (χ2v) is 5.32. The van der Waals surface area contributed by atoms with Gasteiger partial charge in [-0.25, -0.2) is 4.79 Å². The van der Waals surface area contributed by atoms with Crippen molar-refractivity contribution in [3.05, 3.63) is 35.4 Å². The number of carboxylic acids is 1. The number of carboxylic acid groups (broad SMARTS) is 1. The first-order valence-corrected chi connectivity index (χ1v) is 7.68. The predicted molar refractivity (Wildman–Crippen MR) is 85.1 cm³/mol. The first-order chi connectivity index (χ1) is 10.6. The van der Waals surface area contributed by atoms with Gasteiger partial charge in [-0.15, -0.1) is 0 Å². The maximum Gasteiger partial charge on any atom is 0.335 e. The Hall–Kier alpha value is -1.88. The molecule has 5 nitrogen and oxygen atoms in total. The SMILES string of the molecule is CCCCC(COC)NC(=O)CCc1ccccc1C(=O)O. The first-order valence-electron chi connectivity index (χ1n) is 7.68. The Morgan fingerprint density at radius 2 is 2.05 bits per heavy atom. The van der Waals surface area contributed by atoms with Crippen LogP contribution in [-0.4, -0.2) is 36.7 Å². The maximum atomic E-state index is 12.0. The van der Waals surface area contributed by atoms with E-state index in [0.29, 0.717) is 18.6 Å². The molecule has 0 radical (unpaired) electrons. The Bertz CT molecular complexity index is 487. The second-order valence-electron chi connectivity index (χ2n) is 5.32. The smallest absolute Gasteiger partial charge is 0.335 e. The summed E-state index contributed by atoms with van der Waals surface area (Å²) in [6.45, 7) is 2.60. The minimum Gasteiger partial charge on any atom is -0.478 e. The molecule has 0 spiro atoms. The minimum absolute atomic E-state index is 0.0205. The van der Waals surface area contributed by atoms with Gasteiger partial charge in [0.05, 0.1) is 18.2 Å². The number of aromatic carboxylic acids is 1. The number of nitrogens with one attached hydrogen (secondary N) is 1. The molecule has 5 heteroatoms. The molecule has 0 saturated heterocycles. The van der Waals surface area contributed by atoms with Crippen LogP contribution in [0.1, 0.15) is 48.5 Å². The van der Waals surface area contributed by atoms with Crippen LogP contribution in [0.2, 0.25) is 0 Å². The van der Waals surface area contributed by atoms with Gasteiger partial charge in [0.25, 0.3) is 0 Å². The number of carbonyl (C=O) groups is 2. The van der Waals surface area contributed by atoms with Gasteiger partial charge in [0, 0.05) is 13.5 Å². The Balaban J connectivity index is 2.53. The molecule has 122 valence electrons. The molecule has 1 aromatic carbocycles. The van der Waals surface area contributed by atoms with Crippen molar-refractivity contribution in [2.24, 2.45) is 0 Å². The Kier molecular flexibility index (Phi) is 8.22. The number of methoxy groups -OCH3 is 1. The van der Waals surface area contributed by atoms with Crippen molar-refractivity contribution in [1.82, 2.24) is 5.32 Å². The number of aryl methyl sites for hydroxylation is 1. The van der Waals surface area contributed by atoms with Crippen LogP contribution in [0.15, 0.2) is 24.3 Å². The van der Waals surface area contributed by atoms with Crippen molar-refractivity contribution < 1.29 is 19.4 Å². The molecule has 0 heterocycles. The molecule has 0 bridgehead atoms. The Morgan fingerprint density at radius 3 is 2.68 bits per heavy atom. The van der Waals surface area contributed by atoms with E-state index in [0.717, 1.165) is 19.3 Å². The zero-order valence-electron chi connectivity index (χ0n) is 13.3. The van der Waals surface area contributed by atoms with Gasteiger partial charge in [0.1, 0.15) is 0 Å². The normalized spacial score (nSPS) is 11.9. The molecule has 0 aliphatic carbocycles. The summed E-state index contributed by atoms with van der Waals surface area (Å²) in [6.07, 6.45) is 3.69. The fraction of sp³-hybridized carbons (Fsp3) is 0.529. The largest absolute Gasteiger partial charge is 0.478 e. The number of ether oxygens (including phenoxy) is 1. The van der Waals surface area contributed by atoms with Gasteiger partial charge in [0.2, 0.25) is 5.91 Å². The number of rotatable bonds is 10. The van der Waals surface area contributed by atoms with Crippen molar-refractivity contribution in [3.8, 4) is 0 Å². The van der Waals surface area contributed by atoms with Crippen LogP contribution in [0, 0.1) is 0 Å². The summed E-state index contributed by atoms with van der Waals surface area (Å²) in [5.41, 5.74) is 0.941. The van der Waals surface area contributed by atoms with Gasteiger partial charge in [-0.05, 0) is 24.5 Å². The number of benzene rings is 1. The fourth-order valence-corrected chi connectivity index (χ4v) is 2.34. The van der Waals surface area contributed by atoms with E-state index in [1.807, 2.05) is 0 Å². The van der Waals surface area contributed by atoms with Crippen LogP contribution in [0.3, 0.4) is 0 Å². The lowest BCUT2D eigenvalue weighted by Crippen LogP contribution is -2.38. The molecule has 0 fully saturated rings. The molecule has 0 aliphatic heterocycles.